The monoisotopic (exact) mass is 367 g/mol. The van der Waals surface area contributed by atoms with Crippen molar-refractivity contribution in [3.05, 3.63) is 34.6 Å². The molecule has 0 radical (unpaired) electrons. The lowest BCUT2D eigenvalue weighted by molar-refractivity contribution is -0.129. The molecule has 25 heavy (non-hydrogen) atoms. The highest BCUT2D eigenvalue weighted by atomic mass is 35.5. The molecule has 7 heteroatoms. The van der Waals surface area contributed by atoms with E-state index in [9.17, 15) is 14.0 Å². The Balaban J connectivity index is 1.76. The summed E-state index contributed by atoms with van der Waals surface area (Å²) in [4.78, 5) is 30.4. The molecule has 5 nitrogen and oxygen atoms in total. The molecule has 3 fully saturated rings. The number of carbonyl (C=O) groups excluding carboxylic acids is 2. The second-order valence-electron chi connectivity index (χ2n) is 7.16. The average Bonchev–Trinajstić information content (AvgIpc) is 2.84. The van der Waals surface area contributed by atoms with Gasteiger partial charge in [-0.15, -0.1) is 0 Å². The van der Waals surface area contributed by atoms with Gasteiger partial charge >= 0.3 is 0 Å². The number of likely N-dealkylation sites (N-methyl/N-ethyl adjacent to an activating group) is 1. The van der Waals surface area contributed by atoms with Crippen molar-refractivity contribution in [3.63, 3.8) is 0 Å². The van der Waals surface area contributed by atoms with E-state index in [-0.39, 0.29) is 28.4 Å². The lowest BCUT2D eigenvalue weighted by atomic mass is 9.94. The summed E-state index contributed by atoms with van der Waals surface area (Å²) < 4.78 is 14.1. The van der Waals surface area contributed by atoms with Crippen LogP contribution in [0.4, 0.5) is 4.39 Å². The molecule has 2 amide bonds. The molecule has 3 heterocycles. The molecular formula is C18H23ClFN3O2. The fourth-order valence-electron chi connectivity index (χ4n) is 3.71. The molecule has 3 saturated heterocycles. The van der Waals surface area contributed by atoms with Gasteiger partial charge in [-0.1, -0.05) is 11.6 Å². The van der Waals surface area contributed by atoms with Gasteiger partial charge < -0.3 is 9.80 Å². The van der Waals surface area contributed by atoms with Gasteiger partial charge in [-0.25, -0.2) is 4.39 Å². The van der Waals surface area contributed by atoms with Gasteiger partial charge in [0.15, 0.2) is 0 Å². The molecule has 0 unspecified atom stereocenters. The van der Waals surface area contributed by atoms with E-state index in [1.54, 1.807) is 23.9 Å². The lowest BCUT2D eigenvalue weighted by Crippen LogP contribution is -2.48. The highest BCUT2D eigenvalue weighted by molar-refractivity contribution is 6.30. The number of fused-ring (bicyclic) bond motifs is 4. The van der Waals surface area contributed by atoms with Gasteiger partial charge in [-0.05, 0) is 37.0 Å². The van der Waals surface area contributed by atoms with E-state index in [0.29, 0.717) is 25.6 Å². The van der Waals surface area contributed by atoms with Gasteiger partial charge in [0.25, 0.3) is 5.91 Å². The summed E-state index contributed by atoms with van der Waals surface area (Å²) in [6.45, 7) is 2.41. The van der Waals surface area contributed by atoms with Crippen molar-refractivity contribution in [1.82, 2.24) is 14.7 Å². The van der Waals surface area contributed by atoms with E-state index >= 15 is 0 Å². The van der Waals surface area contributed by atoms with Crippen LogP contribution in [0.3, 0.4) is 0 Å². The van der Waals surface area contributed by atoms with E-state index in [4.69, 9.17) is 11.6 Å². The largest absolute Gasteiger partial charge is 0.348 e. The molecule has 0 saturated carbocycles. The van der Waals surface area contributed by atoms with E-state index in [1.165, 1.54) is 18.2 Å². The third kappa shape index (κ3) is 3.96. The Kier molecular flexibility index (Phi) is 5.29. The van der Waals surface area contributed by atoms with Crippen molar-refractivity contribution in [2.24, 2.45) is 5.92 Å². The van der Waals surface area contributed by atoms with Crippen LogP contribution in [0.5, 0.6) is 0 Å². The molecule has 2 atom stereocenters. The normalized spacial score (nSPS) is 23.4. The molecular weight excluding hydrogens is 345 g/mol. The quantitative estimate of drug-likeness (QED) is 0.821. The summed E-state index contributed by atoms with van der Waals surface area (Å²) in [5.74, 6) is -0.502. The fraction of sp³-hybridized carbons (Fsp3) is 0.556. The van der Waals surface area contributed by atoms with Crippen LogP contribution >= 0.6 is 11.6 Å². The second-order valence-corrected chi connectivity index (χ2v) is 7.60. The first-order chi connectivity index (χ1) is 11.8. The van der Waals surface area contributed by atoms with Crippen LogP contribution in [0.2, 0.25) is 5.02 Å². The zero-order valence-electron chi connectivity index (χ0n) is 14.5. The number of hydrogen-bond acceptors (Lipinski definition) is 3. The summed E-state index contributed by atoms with van der Waals surface area (Å²) in [6, 6.07) is 4.17. The molecule has 3 aliphatic rings. The maximum absolute atomic E-state index is 14.1. The Morgan fingerprint density at radius 1 is 1.24 bits per heavy atom. The molecule has 2 bridgehead atoms. The SMILES string of the molecule is CN(C)C(=O)CN1C[C@H]2CC[C@@H](C1)N(C(=O)c1ccc(Cl)cc1F)C2. The highest BCUT2D eigenvalue weighted by Crippen LogP contribution is 2.30. The van der Waals surface area contributed by atoms with Gasteiger partial charge in [-0.2, -0.15) is 0 Å². The lowest BCUT2D eigenvalue weighted by Gasteiger charge is -2.36. The topological polar surface area (TPSA) is 43.9 Å². The number of amides is 2. The minimum atomic E-state index is -0.586. The molecule has 1 aromatic rings. The summed E-state index contributed by atoms with van der Waals surface area (Å²) in [6.07, 6.45) is 1.92. The van der Waals surface area contributed by atoms with Gasteiger partial charge in [-0.3, -0.25) is 14.5 Å². The van der Waals surface area contributed by atoms with Crippen LogP contribution in [0, 0.1) is 11.7 Å². The first-order valence-electron chi connectivity index (χ1n) is 8.53. The van der Waals surface area contributed by atoms with Crippen LogP contribution in [-0.4, -0.2) is 72.8 Å². The molecule has 3 aliphatic heterocycles. The second kappa shape index (κ2) is 7.30. The van der Waals surface area contributed by atoms with Crippen LogP contribution < -0.4 is 0 Å². The number of rotatable bonds is 3. The van der Waals surface area contributed by atoms with Crippen LogP contribution in [0.15, 0.2) is 18.2 Å². The Labute approximate surface area is 152 Å². The Morgan fingerprint density at radius 3 is 2.68 bits per heavy atom. The first-order valence-corrected chi connectivity index (χ1v) is 8.91. The van der Waals surface area contributed by atoms with Crippen LogP contribution in [0.25, 0.3) is 0 Å². The molecule has 0 aromatic heterocycles. The molecule has 0 aliphatic carbocycles. The summed E-state index contributed by atoms with van der Waals surface area (Å²) in [5, 5.41) is 0.278. The summed E-state index contributed by atoms with van der Waals surface area (Å²) in [7, 11) is 3.49. The number of piperidine rings is 1. The minimum Gasteiger partial charge on any atom is -0.348 e. The Morgan fingerprint density at radius 2 is 2.00 bits per heavy atom. The predicted molar refractivity (Wildman–Crippen MR) is 94.1 cm³/mol. The Hall–Kier alpha value is -1.66. The minimum absolute atomic E-state index is 0.0105. The highest BCUT2D eigenvalue weighted by Gasteiger charge is 2.38. The van der Waals surface area contributed by atoms with Gasteiger partial charge in [0.05, 0.1) is 12.1 Å². The zero-order chi connectivity index (χ0) is 18.1. The maximum Gasteiger partial charge on any atom is 0.257 e. The molecule has 0 N–H and O–H groups in total. The first kappa shape index (κ1) is 18.1. The predicted octanol–water partition coefficient (Wildman–Crippen LogP) is 2.10. The number of halogens is 2. The van der Waals surface area contributed by atoms with E-state index in [0.717, 1.165) is 19.4 Å². The maximum atomic E-state index is 14.1. The number of benzene rings is 1. The Bertz CT molecular complexity index is 682. The molecule has 0 spiro atoms. The molecule has 1 aromatic carbocycles. The molecule has 136 valence electrons. The summed E-state index contributed by atoms with van der Waals surface area (Å²) in [5.41, 5.74) is 0.0628. The van der Waals surface area contributed by atoms with Gasteiger partial charge in [0.2, 0.25) is 5.91 Å². The van der Waals surface area contributed by atoms with Crippen LogP contribution in [0.1, 0.15) is 23.2 Å². The molecule has 4 rings (SSSR count). The fourth-order valence-corrected chi connectivity index (χ4v) is 3.87. The van der Waals surface area contributed by atoms with E-state index in [2.05, 4.69) is 4.90 Å². The number of nitrogens with zero attached hydrogens (tertiary/aromatic N) is 3. The van der Waals surface area contributed by atoms with E-state index < -0.39 is 5.82 Å². The van der Waals surface area contributed by atoms with E-state index in [1.807, 2.05) is 0 Å². The van der Waals surface area contributed by atoms with Crippen molar-refractivity contribution in [2.75, 3.05) is 40.3 Å². The third-order valence-electron chi connectivity index (χ3n) is 5.07. The summed E-state index contributed by atoms with van der Waals surface area (Å²) >= 11 is 5.78. The van der Waals surface area contributed by atoms with Crippen molar-refractivity contribution in [1.29, 1.82) is 0 Å². The smallest absolute Gasteiger partial charge is 0.257 e. The van der Waals surface area contributed by atoms with Crippen molar-refractivity contribution in [2.45, 2.75) is 18.9 Å². The third-order valence-corrected chi connectivity index (χ3v) is 5.30. The van der Waals surface area contributed by atoms with Crippen molar-refractivity contribution in [3.8, 4) is 0 Å². The van der Waals surface area contributed by atoms with Gasteiger partial charge in [0.1, 0.15) is 5.82 Å². The van der Waals surface area contributed by atoms with Gasteiger partial charge in [0, 0.05) is 44.8 Å². The van der Waals surface area contributed by atoms with Crippen molar-refractivity contribution < 1.29 is 14.0 Å². The average molecular weight is 368 g/mol. The number of carbonyl (C=O) groups is 2. The van der Waals surface area contributed by atoms with Crippen LogP contribution in [-0.2, 0) is 4.79 Å². The zero-order valence-corrected chi connectivity index (χ0v) is 15.3. The number of hydrogen-bond donors (Lipinski definition) is 0. The standard InChI is InChI=1S/C18H23ClFN3O2/c1-21(2)17(24)11-22-8-12-3-5-14(10-22)23(9-12)18(25)15-6-4-13(19)7-16(15)20/h4,6-7,12,14H,3,5,8-11H2,1-2H3/t12-,14+/m1/s1. The van der Waals surface area contributed by atoms with Crippen molar-refractivity contribution >= 4 is 23.4 Å².